The molecule has 25 heavy (non-hydrogen) atoms. The number of hydrogen-bond donors (Lipinski definition) is 2. The lowest BCUT2D eigenvalue weighted by atomic mass is 9.88. The molecule has 0 saturated carbocycles. The molecular formula is C19H36N6. The lowest BCUT2D eigenvalue weighted by molar-refractivity contribution is 0.0483. The molecule has 1 aromatic heterocycles. The lowest BCUT2D eigenvalue weighted by Crippen LogP contribution is -2.57. The molecule has 1 saturated heterocycles. The van der Waals surface area contributed by atoms with Gasteiger partial charge in [-0.05, 0) is 45.1 Å². The Morgan fingerprint density at radius 1 is 1.28 bits per heavy atom. The Kier molecular flexibility index (Phi) is 6.87. The summed E-state index contributed by atoms with van der Waals surface area (Å²) < 4.78 is 1.87. The lowest BCUT2D eigenvalue weighted by Gasteiger charge is -2.45. The van der Waals surface area contributed by atoms with Crippen LogP contribution < -0.4 is 10.6 Å². The molecule has 0 spiro atoms. The van der Waals surface area contributed by atoms with Crippen LogP contribution in [-0.4, -0.2) is 52.4 Å². The molecule has 6 heteroatoms. The predicted octanol–water partition coefficient (Wildman–Crippen LogP) is 2.23. The molecule has 6 nitrogen and oxygen atoms in total. The minimum atomic E-state index is 0.103. The van der Waals surface area contributed by atoms with Crippen LogP contribution in [0.3, 0.4) is 0 Å². The van der Waals surface area contributed by atoms with E-state index in [9.17, 15) is 0 Å². The van der Waals surface area contributed by atoms with E-state index in [0.29, 0.717) is 6.54 Å². The quantitative estimate of drug-likeness (QED) is 0.611. The smallest absolute Gasteiger partial charge is 0.191 e. The summed E-state index contributed by atoms with van der Waals surface area (Å²) >= 11 is 0. The average Bonchev–Trinajstić information content (AvgIpc) is 2.94. The monoisotopic (exact) mass is 348 g/mol. The first-order valence-electron chi connectivity index (χ1n) is 9.56. The van der Waals surface area contributed by atoms with Crippen molar-refractivity contribution in [3.05, 3.63) is 18.0 Å². The maximum absolute atomic E-state index is 4.71. The van der Waals surface area contributed by atoms with Crippen LogP contribution in [0, 0.1) is 11.8 Å². The SMILES string of the molecule is CCNC(=NCc1ccnn1C)NCC(C)(C)N1CC(C)CC(C)C1. The third-order valence-corrected chi connectivity index (χ3v) is 5.08. The number of nitrogens with zero attached hydrogens (tertiary/aromatic N) is 4. The van der Waals surface area contributed by atoms with E-state index in [2.05, 4.69) is 55.3 Å². The standard InChI is InChI=1S/C19H36N6/c1-7-20-18(21-11-17-8-9-23-24(17)6)22-14-19(4,5)25-12-15(2)10-16(3)13-25/h8-9,15-16H,7,10-14H2,1-6H3,(H2,20,21,22). The molecular weight excluding hydrogens is 312 g/mol. The van der Waals surface area contributed by atoms with Gasteiger partial charge in [-0.1, -0.05) is 13.8 Å². The molecule has 2 atom stereocenters. The van der Waals surface area contributed by atoms with Crippen LogP contribution in [0.1, 0.15) is 46.7 Å². The third kappa shape index (κ3) is 5.73. The van der Waals surface area contributed by atoms with Gasteiger partial charge in [-0.3, -0.25) is 9.58 Å². The second-order valence-electron chi connectivity index (χ2n) is 8.16. The van der Waals surface area contributed by atoms with Crippen LogP contribution in [0.15, 0.2) is 17.3 Å². The molecule has 0 radical (unpaired) electrons. The summed E-state index contributed by atoms with van der Waals surface area (Å²) in [5.74, 6) is 2.42. The minimum absolute atomic E-state index is 0.103. The van der Waals surface area contributed by atoms with Crippen molar-refractivity contribution in [2.75, 3.05) is 26.2 Å². The van der Waals surface area contributed by atoms with E-state index in [-0.39, 0.29) is 5.54 Å². The second-order valence-corrected chi connectivity index (χ2v) is 8.16. The van der Waals surface area contributed by atoms with Gasteiger partial charge in [0.1, 0.15) is 0 Å². The molecule has 1 fully saturated rings. The Bertz CT molecular complexity index is 552. The van der Waals surface area contributed by atoms with Crippen LogP contribution in [0.5, 0.6) is 0 Å². The van der Waals surface area contributed by atoms with Gasteiger partial charge >= 0.3 is 0 Å². The van der Waals surface area contributed by atoms with E-state index in [1.54, 1.807) is 0 Å². The fourth-order valence-electron chi connectivity index (χ4n) is 3.63. The number of aromatic nitrogens is 2. The van der Waals surface area contributed by atoms with Gasteiger partial charge in [0.25, 0.3) is 0 Å². The van der Waals surface area contributed by atoms with Crippen molar-refractivity contribution in [3.63, 3.8) is 0 Å². The van der Waals surface area contributed by atoms with Crippen molar-refractivity contribution in [2.24, 2.45) is 23.9 Å². The highest BCUT2D eigenvalue weighted by molar-refractivity contribution is 5.79. The Hall–Kier alpha value is -1.56. The minimum Gasteiger partial charge on any atom is -0.357 e. The zero-order chi connectivity index (χ0) is 18.4. The zero-order valence-electron chi connectivity index (χ0n) is 16.8. The molecule has 0 aliphatic carbocycles. The van der Waals surface area contributed by atoms with Crippen molar-refractivity contribution in [1.82, 2.24) is 25.3 Å². The Labute approximate surface area is 153 Å². The maximum atomic E-state index is 4.71. The molecule has 2 N–H and O–H groups in total. The second kappa shape index (κ2) is 8.70. The van der Waals surface area contributed by atoms with Gasteiger partial charge in [0, 0.05) is 45.0 Å². The van der Waals surface area contributed by atoms with Crippen molar-refractivity contribution < 1.29 is 0 Å². The van der Waals surface area contributed by atoms with Crippen LogP contribution in [0.2, 0.25) is 0 Å². The number of rotatable bonds is 6. The van der Waals surface area contributed by atoms with Crippen molar-refractivity contribution in [2.45, 2.75) is 53.1 Å². The van der Waals surface area contributed by atoms with Gasteiger partial charge in [-0.25, -0.2) is 4.99 Å². The van der Waals surface area contributed by atoms with Gasteiger partial charge in [0.05, 0.1) is 12.2 Å². The van der Waals surface area contributed by atoms with Crippen molar-refractivity contribution in [1.29, 1.82) is 0 Å². The van der Waals surface area contributed by atoms with E-state index < -0.39 is 0 Å². The highest BCUT2D eigenvalue weighted by Gasteiger charge is 2.32. The Morgan fingerprint density at radius 2 is 1.96 bits per heavy atom. The van der Waals surface area contributed by atoms with Crippen LogP contribution in [0.4, 0.5) is 0 Å². The highest BCUT2D eigenvalue weighted by atomic mass is 15.3. The van der Waals surface area contributed by atoms with Gasteiger partial charge in [0.2, 0.25) is 0 Å². The van der Waals surface area contributed by atoms with Crippen molar-refractivity contribution >= 4 is 5.96 Å². The first-order valence-corrected chi connectivity index (χ1v) is 9.56. The summed E-state index contributed by atoms with van der Waals surface area (Å²) in [7, 11) is 1.95. The van der Waals surface area contributed by atoms with Crippen LogP contribution in [-0.2, 0) is 13.6 Å². The molecule has 142 valence electrons. The molecule has 0 amide bonds. The van der Waals surface area contributed by atoms with Gasteiger partial charge in [0.15, 0.2) is 5.96 Å². The highest BCUT2D eigenvalue weighted by Crippen LogP contribution is 2.26. The summed E-state index contributed by atoms with van der Waals surface area (Å²) in [6.45, 7) is 16.2. The topological polar surface area (TPSA) is 57.5 Å². The molecule has 2 rings (SSSR count). The first-order chi connectivity index (χ1) is 11.8. The third-order valence-electron chi connectivity index (χ3n) is 5.08. The Balaban J connectivity index is 1.95. The molecule has 2 unspecified atom stereocenters. The number of likely N-dealkylation sites (tertiary alicyclic amines) is 1. The summed E-state index contributed by atoms with van der Waals surface area (Å²) in [5.41, 5.74) is 1.21. The van der Waals surface area contributed by atoms with Crippen molar-refractivity contribution in [3.8, 4) is 0 Å². The normalized spacial score (nSPS) is 22.9. The van der Waals surface area contributed by atoms with Crippen LogP contribution >= 0.6 is 0 Å². The summed E-state index contributed by atoms with van der Waals surface area (Å²) in [5, 5.41) is 11.1. The molecule has 1 aliphatic rings. The van der Waals surface area contributed by atoms with E-state index in [4.69, 9.17) is 4.99 Å². The molecule has 2 heterocycles. The Morgan fingerprint density at radius 3 is 2.52 bits per heavy atom. The van der Waals surface area contributed by atoms with E-state index in [0.717, 1.165) is 36.6 Å². The van der Waals surface area contributed by atoms with E-state index >= 15 is 0 Å². The van der Waals surface area contributed by atoms with E-state index in [1.807, 2.05) is 24.0 Å². The summed E-state index contributed by atoms with van der Waals surface area (Å²) in [6.07, 6.45) is 3.15. The average molecular weight is 349 g/mol. The molecule has 1 aliphatic heterocycles. The first kappa shape index (κ1) is 19.8. The fourth-order valence-corrected chi connectivity index (χ4v) is 3.63. The van der Waals surface area contributed by atoms with Crippen LogP contribution in [0.25, 0.3) is 0 Å². The number of nitrogens with one attached hydrogen (secondary N) is 2. The van der Waals surface area contributed by atoms with Gasteiger partial charge in [-0.2, -0.15) is 5.10 Å². The molecule has 0 aromatic carbocycles. The number of piperidine rings is 1. The summed E-state index contributed by atoms with van der Waals surface area (Å²) in [4.78, 5) is 7.34. The number of aryl methyl sites for hydroxylation is 1. The zero-order valence-corrected chi connectivity index (χ0v) is 16.8. The number of guanidine groups is 1. The molecule has 1 aromatic rings. The fraction of sp³-hybridized carbons (Fsp3) is 0.789. The van der Waals surface area contributed by atoms with E-state index in [1.165, 1.54) is 19.5 Å². The number of aliphatic imine (C=N–C) groups is 1. The summed E-state index contributed by atoms with van der Waals surface area (Å²) in [6, 6.07) is 2.01. The largest absolute Gasteiger partial charge is 0.357 e. The maximum Gasteiger partial charge on any atom is 0.191 e. The van der Waals surface area contributed by atoms with Gasteiger partial charge in [-0.15, -0.1) is 0 Å². The van der Waals surface area contributed by atoms with Gasteiger partial charge < -0.3 is 10.6 Å². The molecule has 0 bridgehead atoms. The predicted molar refractivity (Wildman–Crippen MR) is 105 cm³/mol. The number of hydrogen-bond acceptors (Lipinski definition) is 3.